The van der Waals surface area contributed by atoms with Crippen molar-refractivity contribution in [3.8, 4) is 5.75 Å². The van der Waals surface area contributed by atoms with Gasteiger partial charge in [0.15, 0.2) is 0 Å². The van der Waals surface area contributed by atoms with Gasteiger partial charge in [0, 0.05) is 6.20 Å². The van der Waals surface area contributed by atoms with Gasteiger partial charge in [-0.1, -0.05) is 0 Å². The molecule has 0 bridgehead atoms. The number of carbonyl (C=O) groups is 1. The van der Waals surface area contributed by atoms with Gasteiger partial charge in [-0.3, -0.25) is 0 Å². The molecule has 0 unspecified atom stereocenters. The van der Waals surface area contributed by atoms with Gasteiger partial charge >= 0.3 is 5.97 Å². The molecule has 0 radical (unpaired) electrons. The topological polar surface area (TPSA) is 85.4 Å². The molecular formula is C7H8N2O3. The van der Waals surface area contributed by atoms with E-state index in [1.807, 2.05) is 0 Å². The Labute approximate surface area is 68.8 Å². The van der Waals surface area contributed by atoms with Crippen LogP contribution in [-0.4, -0.2) is 23.2 Å². The maximum atomic E-state index is 10.6. The predicted octanol–water partition coefficient (Wildman–Crippen LogP) is 0.371. The molecule has 0 saturated carbocycles. The van der Waals surface area contributed by atoms with E-state index in [4.69, 9.17) is 15.6 Å². The predicted molar refractivity (Wildman–Crippen MR) is 42.2 cm³/mol. The van der Waals surface area contributed by atoms with Gasteiger partial charge in [0.05, 0.1) is 7.11 Å². The van der Waals surface area contributed by atoms with Gasteiger partial charge in [-0.15, -0.1) is 0 Å². The van der Waals surface area contributed by atoms with E-state index in [1.165, 1.54) is 19.4 Å². The summed E-state index contributed by atoms with van der Waals surface area (Å²) in [6.07, 6.45) is 1.39. The smallest absolute Gasteiger partial charge is 0.343 e. The number of nitrogen functional groups attached to an aromatic ring is 1. The number of aromatic nitrogens is 1. The minimum Gasteiger partial charge on any atom is -0.496 e. The van der Waals surface area contributed by atoms with Crippen molar-refractivity contribution in [2.45, 2.75) is 0 Å². The number of aromatic carboxylic acids is 1. The quantitative estimate of drug-likeness (QED) is 0.666. The summed E-state index contributed by atoms with van der Waals surface area (Å²) in [6, 6.07) is 1.44. The van der Waals surface area contributed by atoms with Crippen molar-refractivity contribution in [2.24, 2.45) is 0 Å². The minimum atomic E-state index is -1.14. The summed E-state index contributed by atoms with van der Waals surface area (Å²) in [5.74, 6) is -0.964. The monoisotopic (exact) mass is 168 g/mol. The molecule has 0 amide bonds. The number of rotatable bonds is 2. The van der Waals surface area contributed by atoms with E-state index in [0.29, 0.717) is 0 Å². The molecule has 1 heterocycles. The lowest BCUT2D eigenvalue weighted by atomic mass is 10.2. The third-order valence-electron chi connectivity index (χ3n) is 1.38. The Bertz CT molecular complexity index is 312. The van der Waals surface area contributed by atoms with Crippen LogP contribution < -0.4 is 10.5 Å². The number of methoxy groups -OCH3 is 1. The second-order valence-electron chi connectivity index (χ2n) is 2.08. The van der Waals surface area contributed by atoms with E-state index < -0.39 is 5.97 Å². The number of pyridine rings is 1. The average molecular weight is 168 g/mol. The molecule has 0 aliphatic rings. The second kappa shape index (κ2) is 3.08. The number of carboxylic acids is 1. The lowest BCUT2D eigenvalue weighted by Gasteiger charge is -2.04. The molecule has 0 atom stereocenters. The van der Waals surface area contributed by atoms with E-state index in [0.717, 1.165) is 0 Å². The Kier molecular flexibility index (Phi) is 2.14. The average Bonchev–Trinajstić information content (AvgIpc) is 2.03. The number of hydrogen-bond donors (Lipinski definition) is 2. The molecule has 0 saturated heterocycles. The fraction of sp³-hybridized carbons (Fsp3) is 0.143. The highest BCUT2D eigenvalue weighted by Gasteiger charge is 2.14. The fourth-order valence-corrected chi connectivity index (χ4v) is 0.844. The first kappa shape index (κ1) is 8.32. The van der Waals surface area contributed by atoms with Gasteiger partial charge in [0.1, 0.15) is 17.1 Å². The number of ether oxygens (including phenoxy) is 1. The Hall–Kier alpha value is -1.78. The van der Waals surface area contributed by atoms with Crippen LogP contribution in [0.4, 0.5) is 5.82 Å². The highest BCUT2D eigenvalue weighted by atomic mass is 16.5. The molecule has 0 aliphatic carbocycles. The summed E-state index contributed by atoms with van der Waals surface area (Å²) in [7, 11) is 1.38. The molecule has 64 valence electrons. The van der Waals surface area contributed by atoms with Gasteiger partial charge < -0.3 is 15.6 Å². The molecule has 1 aromatic heterocycles. The lowest BCUT2D eigenvalue weighted by molar-refractivity contribution is 0.0694. The van der Waals surface area contributed by atoms with Gasteiger partial charge in [-0.2, -0.15) is 0 Å². The Balaban J connectivity index is 3.29. The number of nitrogens with zero attached hydrogens (tertiary/aromatic N) is 1. The highest BCUT2D eigenvalue weighted by molar-refractivity contribution is 5.95. The van der Waals surface area contributed by atoms with Gasteiger partial charge in [0.25, 0.3) is 0 Å². The number of anilines is 1. The minimum absolute atomic E-state index is 0.0400. The third-order valence-corrected chi connectivity index (χ3v) is 1.38. The van der Waals surface area contributed by atoms with Crippen molar-refractivity contribution < 1.29 is 14.6 Å². The van der Waals surface area contributed by atoms with Gasteiger partial charge in [0.2, 0.25) is 0 Å². The molecule has 0 aromatic carbocycles. The first-order valence-electron chi connectivity index (χ1n) is 3.18. The van der Waals surface area contributed by atoms with Crippen LogP contribution in [0.2, 0.25) is 0 Å². The first-order valence-corrected chi connectivity index (χ1v) is 3.18. The largest absolute Gasteiger partial charge is 0.496 e. The fourth-order valence-electron chi connectivity index (χ4n) is 0.844. The van der Waals surface area contributed by atoms with Crippen molar-refractivity contribution in [2.75, 3.05) is 12.8 Å². The van der Waals surface area contributed by atoms with Crippen LogP contribution in [0.3, 0.4) is 0 Å². The molecular weight excluding hydrogens is 160 g/mol. The molecule has 0 aliphatic heterocycles. The Morgan fingerprint density at radius 3 is 2.83 bits per heavy atom. The van der Waals surface area contributed by atoms with Crippen LogP contribution in [-0.2, 0) is 0 Å². The summed E-state index contributed by atoms with van der Waals surface area (Å²) >= 11 is 0. The van der Waals surface area contributed by atoms with E-state index in [2.05, 4.69) is 4.98 Å². The first-order chi connectivity index (χ1) is 5.66. The summed E-state index contributed by atoms with van der Waals surface area (Å²) in [5.41, 5.74) is 5.23. The van der Waals surface area contributed by atoms with Crippen LogP contribution >= 0.6 is 0 Å². The lowest BCUT2D eigenvalue weighted by Crippen LogP contribution is -2.06. The van der Waals surface area contributed by atoms with Gasteiger partial charge in [-0.25, -0.2) is 9.78 Å². The standard InChI is InChI=1S/C7H8N2O3/c1-12-4-2-3-9-6(8)5(4)7(10)11/h2-3H,1H3,(H2,8,9)(H,10,11). The zero-order valence-corrected chi connectivity index (χ0v) is 6.44. The summed E-state index contributed by atoms with van der Waals surface area (Å²) in [6.45, 7) is 0. The zero-order valence-electron chi connectivity index (χ0n) is 6.44. The molecule has 0 spiro atoms. The van der Waals surface area contributed by atoms with E-state index in [9.17, 15) is 4.79 Å². The summed E-state index contributed by atoms with van der Waals surface area (Å²) in [4.78, 5) is 14.2. The number of nitrogens with two attached hydrogens (primary N) is 1. The van der Waals surface area contributed by atoms with Gasteiger partial charge in [-0.05, 0) is 6.07 Å². The molecule has 1 aromatic rings. The van der Waals surface area contributed by atoms with Crippen LogP contribution in [0.15, 0.2) is 12.3 Å². The van der Waals surface area contributed by atoms with E-state index in [1.54, 1.807) is 0 Å². The van der Waals surface area contributed by atoms with Crippen LogP contribution in [0.25, 0.3) is 0 Å². The molecule has 3 N–H and O–H groups in total. The van der Waals surface area contributed by atoms with Crippen LogP contribution in [0.5, 0.6) is 5.75 Å². The van der Waals surface area contributed by atoms with Crippen LogP contribution in [0, 0.1) is 0 Å². The molecule has 1 rings (SSSR count). The second-order valence-corrected chi connectivity index (χ2v) is 2.08. The zero-order chi connectivity index (χ0) is 9.14. The van der Waals surface area contributed by atoms with E-state index in [-0.39, 0.29) is 17.1 Å². The highest BCUT2D eigenvalue weighted by Crippen LogP contribution is 2.21. The maximum absolute atomic E-state index is 10.6. The third kappa shape index (κ3) is 1.29. The maximum Gasteiger partial charge on any atom is 0.343 e. The van der Waals surface area contributed by atoms with Crippen molar-refractivity contribution in [3.05, 3.63) is 17.8 Å². The van der Waals surface area contributed by atoms with Crippen molar-refractivity contribution in [1.82, 2.24) is 4.98 Å². The number of hydrogen-bond acceptors (Lipinski definition) is 4. The Morgan fingerprint density at radius 2 is 2.42 bits per heavy atom. The Morgan fingerprint density at radius 1 is 1.75 bits per heavy atom. The van der Waals surface area contributed by atoms with Crippen molar-refractivity contribution in [3.63, 3.8) is 0 Å². The molecule has 5 heteroatoms. The molecule has 12 heavy (non-hydrogen) atoms. The SMILES string of the molecule is COc1ccnc(N)c1C(=O)O. The van der Waals surface area contributed by atoms with Crippen LogP contribution in [0.1, 0.15) is 10.4 Å². The van der Waals surface area contributed by atoms with Crippen molar-refractivity contribution >= 4 is 11.8 Å². The van der Waals surface area contributed by atoms with Crippen molar-refractivity contribution in [1.29, 1.82) is 0 Å². The summed E-state index contributed by atoms with van der Waals surface area (Å²) < 4.78 is 4.79. The molecule has 0 fully saturated rings. The van der Waals surface area contributed by atoms with E-state index >= 15 is 0 Å². The normalized spacial score (nSPS) is 9.42. The number of carboxylic acid groups (broad SMARTS) is 1. The molecule has 5 nitrogen and oxygen atoms in total. The summed E-state index contributed by atoms with van der Waals surface area (Å²) in [5, 5.41) is 8.68.